The fraction of sp³-hybridized carbons (Fsp3) is 0. The predicted octanol–water partition coefficient (Wildman–Crippen LogP) is -0.767. The van der Waals surface area contributed by atoms with E-state index in [0.717, 1.165) is 0 Å². The van der Waals surface area contributed by atoms with Gasteiger partial charge >= 0.3 is 0 Å². The monoisotopic (exact) mass is 137 g/mol. The fourth-order valence-corrected chi connectivity index (χ4v) is 0. The maximum Gasteiger partial charge on any atom is 0 e. The minimum atomic E-state index is 0. The van der Waals surface area contributed by atoms with Gasteiger partial charge in [-0.15, -0.1) is 0 Å². The second-order valence-electron chi connectivity index (χ2n) is 0. The Bertz CT molecular complexity index is 6.00. The van der Waals surface area contributed by atoms with Crippen molar-refractivity contribution in [3.05, 3.63) is 0 Å². The Hall–Kier alpha value is 1.16. The smallest absolute Gasteiger partial charge is 0 e. The zero-order valence-corrected chi connectivity index (χ0v) is 3.99. The van der Waals surface area contributed by atoms with Crippen LogP contribution in [-0.4, -0.2) is 16.8 Å². The van der Waals surface area contributed by atoms with Crippen molar-refractivity contribution in [1.29, 1.82) is 0 Å². The van der Waals surface area contributed by atoms with E-state index in [4.69, 9.17) is 0 Å². The summed E-state index contributed by atoms with van der Waals surface area (Å²) >= 11 is 0. The van der Waals surface area contributed by atoms with Gasteiger partial charge in [0.25, 0.3) is 0 Å². The fourth-order valence-electron chi connectivity index (χ4n) is 0. The molecule has 0 amide bonds. The summed E-state index contributed by atoms with van der Waals surface area (Å²) in [6, 6.07) is 0. The molecule has 0 spiro atoms. The third-order valence-corrected chi connectivity index (χ3v) is 0. The number of rotatable bonds is 0. The standard InChI is InChI=1S/2B.Co.Fe. The molecule has 0 rings (SSSR count). The Balaban J connectivity index is 0. The molecule has 0 nitrogen and oxygen atoms in total. The topological polar surface area (TPSA) is 0 Å². The van der Waals surface area contributed by atoms with Crippen molar-refractivity contribution in [2.24, 2.45) is 0 Å². The largest absolute Gasteiger partial charge is 0 e. The molecule has 4 heavy (non-hydrogen) atoms. The summed E-state index contributed by atoms with van der Waals surface area (Å²) in [4.78, 5) is 0. The van der Waals surface area contributed by atoms with Crippen LogP contribution in [0.5, 0.6) is 0 Å². The number of hydrogen-bond donors (Lipinski definition) is 0. The van der Waals surface area contributed by atoms with E-state index in [1.807, 2.05) is 0 Å². The molecule has 0 bridgehead atoms. The van der Waals surface area contributed by atoms with Crippen LogP contribution in [0, 0.1) is 0 Å². The molecule has 23 valence electrons. The van der Waals surface area contributed by atoms with Gasteiger partial charge in [0.2, 0.25) is 0 Å². The average Bonchev–Trinajstić information content (AvgIpc) is 0. The first-order chi connectivity index (χ1) is 0. The normalized spacial score (nSPS) is 0. The molecule has 0 aromatic heterocycles. The molecule has 4 heteroatoms. The minimum absolute atomic E-state index is 0. The van der Waals surface area contributed by atoms with Crippen LogP contribution in [0.4, 0.5) is 0 Å². The molecule has 0 saturated carbocycles. The van der Waals surface area contributed by atoms with E-state index in [-0.39, 0.29) is 50.7 Å². The first kappa shape index (κ1) is 66.7. The van der Waals surface area contributed by atoms with E-state index in [9.17, 15) is 0 Å². The summed E-state index contributed by atoms with van der Waals surface area (Å²) in [7, 11) is 0. The molecule has 0 aliphatic rings. The number of hydrogen-bond acceptors (Lipinski definition) is 0. The van der Waals surface area contributed by atoms with Crippen molar-refractivity contribution in [3.63, 3.8) is 0 Å². The van der Waals surface area contributed by atoms with Crippen LogP contribution < -0.4 is 0 Å². The molecule has 0 fully saturated rings. The summed E-state index contributed by atoms with van der Waals surface area (Å²) < 4.78 is 0. The summed E-state index contributed by atoms with van der Waals surface area (Å²) in [5.41, 5.74) is 0. The molecular formula is B2CoFe. The molecule has 0 aromatic carbocycles. The summed E-state index contributed by atoms with van der Waals surface area (Å²) in [5.74, 6) is 0. The summed E-state index contributed by atoms with van der Waals surface area (Å²) in [6.45, 7) is 0. The van der Waals surface area contributed by atoms with Crippen molar-refractivity contribution in [2.45, 2.75) is 0 Å². The quantitative estimate of drug-likeness (QED) is 0.384. The molecule has 0 aliphatic heterocycles. The maximum absolute atomic E-state index is 0. The zero-order valence-electron chi connectivity index (χ0n) is 1.84. The molecule has 0 aromatic rings. The Morgan fingerprint density at radius 1 is 0.750 bits per heavy atom. The van der Waals surface area contributed by atoms with Gasteiger partial charge in [0.15, 0.2) is 0 Å². The van der Waals surface area contributed by atoms with Gasteiger partial charge < -0.3 is 0 Å². The van der Waals surface area contributed by atoms with Gasteiger partial charge in [0, 0.05) is 50.7 Å². The summed E-state index contributed by atoms with van der Waals surface area (Å²) in [5, 5.41) is 0. The van der Waals surface area contributed by atoms with Gasteiger partial charge in [-0.3, -0.25) is 0 Å². The van der Waals surface area contributed by atoms with Crippen LogP contribution in [0.1, 0.15) is 0 Å². The molecule has 0 saturated heterocycles. The van der Waals surface area contributed by atoms with Crippen LogP contribution in [-0.2, 0) is 33.8 Å². The summed E-state index contributed by atoms with van der Waals surface area (Å²) in [6.07, 6.45) is 0. The molecular weight excluding hydrogens is 136 g/mol. The molecule has 0 aliphatic carbocycles. The first-order valence-corrected chi connectivity index (χ1v) is 0. The maximum atomic E-state index is 0. The predicted molar refractivity (Wildman–Crippen MR) is 11.5 cm³/mol. The molecule has 0 heterocycles. The van der Waals surface area contributed by atoms with Gasteiger partial charge in [-0.25, -0.2) is 0 Å². The zero-order chi connectivity index (χ0) is 0. The molecule has 7 radical (unpaired) electrons. The second kappa shape index (κ2) is 31.0. The molecule has 0 atom stereocenters. The van der Waals surface area contributed by atoms with Crippen molar-refractivity contribution >= 4 is 16.8 Å². The van der Waals surface area contributed by atoms with Crippen LogP contribution in [0.15, 0.2) is 0 Å². The minimum Gasteiger partial charge on any atom is 0 e. The van der Waals surface area contributed by atoms with E-state index < -0.39 is 0 Å². The van der Waals surface area contributed by atoms with Crippen molar-refractivity contribution in [2.75, 3.05) is 0 Å². The van der Waals surface area contributed by atoms with E-state index in [0.29, 0.717) is 0 Å². The average molecular weight is 136 g/mol. The third kappa shape index (κ3) is 11.0. The van der Waals surface area contributed by atoms with Crippen LogP contribution >= 0.6 is 0 Å². The Labute approximate surface area is 50.9 Å². The van der Waals surface area contributed by atoms with Crippen LogP contribution in [0.2, 0.25) is 0 Å². The van der Waals surface area contributed by atoms with Gasteiger partial charge in [0.05, 0.1) is 0 Å². The Kier molecular flexibility index (Phi) is 516. The van der Waals surface area contributed by atoms with Gasteiger partial charge in [-0.2, -0.15) is 0 Å². The van der Waals surface area contributed by atoms with E-state index >= 15 is 0 Å². The van der Waals surface area contributed by atoms with E-state index in [2.05, 4.69) is 0 Å². The van der Waals surface area contributed by atoms with Crippen molar-refractivity contribution in [3.8, 4) is 0 Å². The van der Waals surface area contributed by atoms with Crippen LogP contribution in [0.3, 0.4) is 0 Å². The SMILES string of the molecule is [B].[B].[Co].[Fe]. The Morgan fingerprint density at radius 2 is 0.750 bits per heavy atom. The van der Waals surface area contributed by atoms with Gasteiger partial charge in [0.1, 0.15) is 0 Å². The van der Waals surface area contributed by atoms with E-state index in [1.54, 1.807) is 0 Å². The molecule has 0 N–H and O–H groups in total. The van der Waals surface area contributed by atoms with E-state index in [1.165, 1.54) is 0 Å². The third-order valence-electron chi connectivity index (χ3n) is 0. The van der Waals surface area contributed by atoms with Crippen molar-refractivity contribution < 1.29 is 33.8 Å². The second-order valence-corrected chi connectivity index (χ2v) is 0. The van der Waals surface area contributed by atoms with Crippen LogP contribution in [0.25, 0.3) is 0 Å². The Morgan fingerprint density at radius 3 is 0.750 bits per heavy atom. The van der Waals surface area contributed by atoms with Gasteiger partial charge in [-0.05, 0) is 0 Å². The molecule has 0 unspecified atom stereocenters. The van der Waals surface area contributed by atoms with Gasteiger partial charge in [-0.1, -0.05) is 0 Å². The first-order valence-electron chi connectivity index (χ1n) is 0. The van der Waals surface area contributed by atoms with Crippen molar-refractivity contribution in [1.82, 2.24) is 0 Å².